The average molecular weight is 519 g/mol. The van der Waals surface area contributed by atoms with Crippen LogP contribution in [0, 0.1) is 0 Å². The van der Waals surface area contributed by atoms with Gasteiger partial charge in [-0.1, -0.05) is 74.0 Å². The van der Waals surface area contributed by atoms with Crippen molar-refractivity contribution in [3.05, 3.63) is 131 Å². The minimum absolute atomic E-state index is 0.208. The van der Waals surface area contributed by atoms with Crippen LogP contribution in [0.1, 0.15) is 60.7 Å². The van der Waals surface area contributed by atoms with Crippen LogP contribution in [0.5, 0.6) is 5.75 Å². The number of hydrogen-bond acceptors (Lipinski definition) is 3. The van der Waals surface area contributed by atoms with Gasteiger partial charge in [0.05, 0.1) is 23.4 Å². The Bertz CT molecular complexity index is 1280. The number of ether oxygens (including phenoxy) is 1. The number of alkyl halides is 3. The van der Waals surface area contributed by atoms with Crippen molar-refractivity contribution in [1.82, 2.24) is 10.3 Å². The van der Waals surface area contributed by atoms with Gasteiger partial charge in [0.25, 0.3) is 0 Å². The summed E-state index contributed by atoms with van der Waals surface area (Å²) in [5.41, 5.74) is 1.41. The Morgan fingerprint density at radius 2 is 1.55 bits per heavy atom. The van der Waals surface area contributed by atoms with E-state index in [1.807, 2.05) is 79.7 Å². The number of unbranched alkanes of at least 4 members (excludes halogenated alkanes) is 1. The van der Waals surface area contributed by atoms with Crippen LogP contribution in [-0.4, -0.2) is 11.6 Å². The van der Waals surface area contributed by atoms with E-state index >= 15 is 0 Å². The number of benzene rings is 3. The molecule has 0 aliphatic carbocycles. The first-order valence-corrected chi connectivity index (χ1v) is 13.0. The molecule has 2 atom stereocenters. The Balaban J connectivity index is 1.79. The third kappa shape index (κ3) is 6.62. The molecule has 1 aromatic heterocycles. The molecule has 0 saturated carbocycles. The zero-order valence-electron chi connectivity index (χ0n) is 21.7. The Labute approximate surface area is 222 Å². The summed E-state index contributed by atoms with van der Waals surface area (Å²) in [5.74, 6) is 0.799. The van der Waals surface area contributed by atoms with Gasteiger partial charge < -0.3 is 4.74 Å². The molecule has 198 valence electrons. The Morgan fingerprint density at radius 1 is 0.842 bits per heavy atom. The van der Waals surface area contributed by atoms with E-state index in [4.69, 9.17) is 4.74 Å². The van der Waals surface area contributed by atoms with E-state index in [1.165, 1.54) is 12.1 Å². The van der Waals surface area contributed by atoms with Gasteiger partial charge in [-0.25, -0.2) is 0 Å². The molecule has 0 amide bonds. The number of nitrogens with zero attached hydrogens (tertiary/aromatic N) is 1. The molecule has 0 bridgehead atoms. The highest BCUT2D eigenvalue weighted by atomic mass is 19.4. The molecule has 0 spiro atoms. The lowest BCUT2D eigenvalue weighted by Gasteiger charge is -2.38. The predicted octanol–water partition coefficient (Wildman–Crippen LogP) is 8.12. The lowest BCUT2D eigenvalue weighted by molar-refractivity contribution is -0.137. The lowest BCUT2D eigenvalue weighted by atomic mass is 9.79. The third-order valence-electron chi connectivity index (χ3n) is 6.71. The van der Waals surface area contributed by atoms with E-state index in [0.29, 0.717) is 24.3 Å². The van der Waals surface area contributed by atoms with Crippen LogP contribution in [0.15, 0.2) is 103 Å². The normalized spacial score (nSPS) is 14.0. The first kappa shape index (κ1) is 27.4. The van der Waals surface area contributed by atoms with Gasteiger partial charge in [-0.3, -0.25) is 10.3 Å². The Hall–Kier alpha value is -3.64. The SMILES string of the molecule is CCCCOc1ccc([C@H](C)NC(Cc2ccccc2)(c2cccc(C(F)(F)F)c2)c2ccccn2)cc1. The summed E-state index contributed by atoms with van der Waals surface area (Å²) >= 11 is 0. The highest BCUT2D eigenvalue weighted by Gasteiger charge is 2.39. The maximum absolute atomic E-state index is 13.8. The van der Waals surface area contributed by atoms with Gasteiger partial charge in [-0.05, 0) is 66.4 Å². The van der Waals surface area contributed by atoms with Crippen molar-refractivity contribution < 1.29 is 17.9 Å². The molecule has 3 aromatic carbocycles. The first-order valence-electron chi connectivity index (χ1n) is 13.0. The molecule has 38 heavy (non-hydrogen) atoms. The standard InChI is InChI=1S/C32H33F3N2O/c1-3-4-21-38-29-18-16-26(17-19-29)24(2)37-31(30-15-8-9-20-36-30,23-25-11-6-5-7-12-25)27-13-10-14-28(22-27)32(33,34)35/h5-20,22,24,37H,3-4,21,23H2,1-2H3/t24-,31?/m0/s1. The predicted molar refractivity (Wildman–Crippen MR) is 145 cm³/mol. The summed E-state index contributed by atoms with van der Waals surface area (Å²) in [6, 6.07) is 28.5. The van der Waals surface area contributed by atoms with Gasteiger partial charge in [-0.2, -0.15) is 13.2 Å². The van der Waals surface area contributed by atoms with Crippen molar-refractivity contribution in [2.45, 2.75) is 50.9 Å². The van der Waals surface area contributed by atoms with Crippen molar-refractivity contribution in [2.24, 2.45) is 0 Å². The van der Waals surface area contributed by atoms with Crippen molar-refractivity contribution in [3.63, 3.8) is 0 Å². The number of halogens is 3. The minimum atomic E-state index is -4.46. The number of aromatic nitrogens is 1. The summed E-state index contributed by atoms with van der Waals surface area (Å²) in [4.78, 5) is 4.65. The van der Waals surface area contributed by atoms with E-state index in [-0.39, 0.29) is 6.04 Å². The van der Waals surface area contributed by atoms with E-state index in [1.54, 1.807) is 12.3 Å². The van der Waals surface area contributed by atoms with Crippen LogP contribution in [0.4, 0.5) is 13.2 Å². The molecule has 1 unspecified atom stereocenters. The maximum Gasteiger partial charge on any atom is 0.416 e. The van der Waals surface area contributed by atoms with Crippen LogP contribution in [-0.2, 0) is 18.1 Å². The molecule has 1 heterocycles. The van der Waals surface area contributed by atoms with Gasteiger partial charge in [0.15, 0.2) is 0 Å². The Kier molecular flexibility index (Phi) is 8.85. The fourth-order valence-corrected chi connectivity index (χ4v) is 4.67. The number of rotatable bonds is 11. The molecule has 4 aromatic rings. The zero-order valence-corrected chi connectivity index (χ0v) is 21.7. The molecular weight excluding hydrogens is 485 g/mol. The van der Waals surface area contributed by atoms with Crippen molar-refractivity contribution >= 4 is 0 Å². The van der Waals surface area contributed by atoms with Crippen LogP contribution >= 0.6 is 0 Å². The highest BCUT2D eigenvalue weighted by Crippen LogP contribution is 2.38. The second kappa shape index (κ2) is 12.3. The second-order valence-corrected chi connectivity index (χ2v) is 9.50. The molecule has 0 saturated heterocycles. The molecule has 0 aliphatic heterocycles. The molecule has 6 heteroatoms. The molecule has 4 rings (SSSR count). The quantitative estimate of drug-likeness (QED) is 0.204. The van der Waals surface area contributed by atoms with E-state index in [0.717, 1.165) is 35.8 Å². The van der Waals surface area contributed by atoms with Crippen molar-refractivity contribution in [3.8, 4) is 5.75 Å². The highest BCUT2D eigenvalue weighted by molar-refractivity contribution is 5.41. The maximum atomic E-state index is 13.8. The zero-order chi connectivity index (χ0) is 27.0. The summed E-state index contributed by atoms with van der Waals surface area (Å²) in [7, 11) is 0. The topological polar surface area (TPSA) is 34.1 Å². The van der Waals surface area contributed by atoms with Crippen LogP contribution in [0.25, 0.3) is 0 Å². The lowest BCUT2D eigenvalue weighted by Crippen LogP contribution is -2.47. The summed E-state index contributed by atoms with van der Waals surface area (Å²) < 4.78 is 47.2. The second-order valence-electron chi connectivity index (χ2n) is 9.50. The monoisotopic (exact) mass is 518 g/mol. The van der Waals surface area contributed by atoms with Gasteiger partial charge in [0.2, 0.25) is 0 Å². The molecule has 0 aliphatic rings. The first-order chi connectivity index (χ1) is 18.3. The smallest absolute Gasteiger partial charge is 0.416 e. The fourth-order valence-electron chi connectivity index (χ4n) is 4.67. The molecule has 3 nitrogen and oxygen atoms in total. The number of hydrogen-bond donors (Lipinski definition) is 1. The number of pyridine rings is 1. The van der Waals surface area contributed by atoms with Crippen LogP contribution in [0.2, 0.25) is 0 Å². The molecule has 0 radical (unpaired) electrons. The summed E-state index contributed by atoms with van der Waals surface area (Å²) in [6.07, 6.45) is -0.321. The van der Waals surface area contributed by atoms with E-state index in [2.05, 4.69) is 17.2 Å². The molecule has 1 N–H and O–H groups in total. The fraction of sp³-hybridized carbons (Fsp3) is 0.281. The van der Waals surface area contributed by atoms with Crippen LogP contribution in [0.3, 0.4) is 0 Å². The van der Waals surface area contributed by atoms with Gasteiger partial charge in [0.1, 0.15) is 5.75 Å². The molecule has 0 fully saturated rings. The number of nitrogens with one attached hydrogen (secondary N) is 1. The average Bonchev–Trinajstić information content (AvgIpc) is 2.94. The third-order valence-corrected chi connectivity index (χ3v) is 6.71. The molecular formula is C32H33F3N2O. The van der Waals surface area contributed by atoms with Gasteiger partial charge in [0, 0.05) is 18.7 Å². The largest absolute Gasteiger partial charge is 0.494 e. The minimum Gasteiger partial charge on any atom is -0.494 e. The van der Waals surface area contributed by atoms with Crippen LogP contribution < -0.4 is 10.1 Å². The van der Waals surface area contributed by atoms with E-state index < -0.39 is 17.3 Å². The van der Waals surface area contributed by atoms with E-state index in [9.17, 15) is 13.2 Å². The summed E-state index contributed by atoms with van der Waals surface area (Å²) in [5, 5.41) is 3.71. The Morgan fingerprint density at radius 3 is 2.21 bits per heavy atom. The van der Waals surface area contributed by atoms with Crippen molar-refractivity contribution in [1.29, 1.82) is 0 Å². The van der Waals surface area contributed by atoms with Crippen molar-refractivity contribution in [2.75, 3.05) is 6.61 Å². The van der Waals surface area contributed by atoms with Gasteiger partial charge >= 0.3 is 6.18 Å². The van der Waals surface area contributed by atoms with Gasteiger partial charge in [-0.15, -0.1) is 0 Å². The summed E-state index contributed by atoms with van der Waals surface area (Å²) in [6.45, 7) is 4.80.